The van der Waals surface area contributed by atoms with E-state index in [-0.39, 0.29) is 30.0 Å². The first-order valence-corrected chi connectivity index (χ1v) is 15.3. The lowest BCUT2D eigenvalue weighted by molar-refractivity contribution is -0.131. The summed E-state index contributed by atoms with van der Waals surface area (Å²) in [6, 6.07) is 8.86. The van der Waals surface area contributed by atoms with Gasteiger partial charge in [0, 0.05) is 28.6 Å². The fourth-order valence-electron chi connectivity index (χ4n) is 5.80. The van der Waals surface area contributed by atoms with Gasteiger partial charge in [-0.3, -0.25) is 14.6 Å². The number of hydrogen-bond donors (Lipinski definition) is 3. The molecule has 0 unspecified atom stereocenters. The highest BCUT2D eigenvalue weighted by Crippen LogP contribution is 2.40. The predicted molar refractivity (Wildman–Crippen MR) is 172 cm³/mol. The van der Waals surface area contributed by atoms with Gasteiger partial charge >= 0.3 is 5.97 Å². The largest absolute Gasteiger partial charge is 0.478 e. The minimum absolute atomic E-state index is 0.0543. The van der Waals surface area contributed by atoms with E-state index < -0.39 is 29.1 Å². The van der Waals surface area contributed by atoms with Crippen LogP contribution < -0.4 is 15.4 Å². The van der Waals surface area contributed by atoms with Crippen molar-refractivity contribution >= 4 is 40.6 Å². The van der Waals surface area contributed by atoms with Crippen LogP contribution in [0.15, 0.2) is 48.8 Å². The maximum absolute atomic E-state index is 13.8. The monoisotopic (exact) mass is 628 g/mol. The number of ether oxygens (including phenoxy) is 1. The number of carboxylic acid groups (broad SMARTS) is 1. The van der Waals surface area contributed by atoms with E-state index in [0.717, 1.165) is 53.9 Å². The molecule has 1 aliphatic carbocycles. The number of carbonyl (C=O) groups is 3. The predicted octanol–water partition coefficient (Wildman–Crippen LogP) is 6.09. The Labute approximate surface area is 265 Å². The molecule has 240 valence electrons. The molecule has 1 aromatic carbocycles. The zero-order chi connectivity index (χ0) is 33.0. The third-order valence-electron chi connectivity index (χ3n) is 8.10. The second kappa shape index (κ2) is 13.5. The molecule has 0 atom stereocenters. The third kappa shape index (κ3) is 6.90. The van der Waals surface area contributed by atoms with Gasteiger partial charge in [0.2, 0.25) is 5.88 Å². The fourth-order valence-corrected chi connectivity index (χ4v) is 5.80. The minimum atomic E-state index is -1.35. The summed E-state index contributed by atoms with van der Waals surface area (Å²) in [5.41, 5.74) is 2.72. The van der Waals surface area contributed by atoms with E-state index in [1.54, 1.807) is 32.9 Å². The second-order valence-corrected chi connectivity index (χ2v) is 11.8. The first-order valence-electron chi connectivity index (χ1n) is 15.3. The fraction of sp³-hybridized carbons (Fsp3) is 0.353. The Bertz CT molecular complexity index is 1810. The number of aromatic nitrogens is 4. The van der Waals surface area contributed by atoms with E-state index in [1.807, 2.05) is 19.1 Å². The molecule has 3 N–H and O–H groups in total. The van der Waals surface area contributed by atoms with E-state index in [1.165, 1.54) is 31.0 Å². The van der Waals surface area contributed by atoms with Gasteiger partial charge in [0.15, 0.2) is 5.82 Å². The number of aryl methyl sites for hydroxylation is 1. The lowest BCUT2D eigenvalue weighted by Crippen LogP contribution is -2.52. The number of carboxylic acids is 1. The lowest BCUT2D eigenvalue weighted by Gasteiger charge is -2.27. The molecular weight excluding hydrogens is 591 g/mol. The number of hydrogen-bond acceptors (Lipinski definition) is 7. The molecule has 46 heavy (non-hydrogen) atoms. The molecular formula is C34H37FN6O5. The maximum Gasteiger partial charge on any atom is 0.328 e. The van der Waals surface area contributed by atoms with Crippen LogP contribution >= 0.6 is 0 Å². The summed E-state index contributed by atoms with van der Waals surface area (Å²) in [6.07, 6.45) is 10.2. The molecule has 0 saturated heterocycles. The molecule has 1 saturated carbocycles. The molecule has 0 spiro atoms. The Morgan fingerprint density at radius 1 is 1.11 bits per heavy atom. The highest BCUT2D eigenvalue weighted by molar-refractivity contribution is 6.05. The molecule has 0 aliphatic heterocycles. The zero-order valence-corrected chi connectivity index (χ0v) is 26.3. The average molecular weight is 629 g/mol. The van der Waals surface area contributed by atoms with Gasteiger partial charge in [-0.2, -0.15) is 4.98 Å². The average Bonchev–Trinajstić information content (AvgIpc) is 3.32. The van der Waals surface area contributed by atoms with Crippen LogP contribution in [0.2, 0.25) is 0 Å². The van der Waals surface area contributed by atoms with Gasteiger partial charge < -0.3 is 25.0 Å². The molecule has 3 aromatic heterocycles. The van der Waals surface area contributed by atoms with Crippen molar-refractivity contribution in [1.29, 1.82) is 0 Å². The highest BCUT2D eigenvalue weighted by atomic mass is 19.1. The summed E-state index contributed by atoms with van der Waals surface area (Å²) >= 11 is 0. The van der Waals surface area contributed by atoms with Crippen LogP contribution in [0.5, 0.6) is 5.88 Å². The molecule has 4 aromatic rings. The number of aliphatic carboxylic acids is 1. The van der Waals surface area contributed by atoms with Gasteiger partial charge in [-0.15, -0.1) is 0 Å². The molecule has 11 nitrogen and oxygen atoms in total. The Hall–Kier alpha value is -5.13. The van der Waals surface area contributed by atoms with Crippen LogP contribution in [-0.4, -0.2) is 54.6 Å². The van der Waals surface area contributed by atoms with Crippen molar-refractivity contribution in [2.45, 2.75) is 71.4 Å². The summed E-state index contributed by atoms with van der Waals surface area (Å²) in [4.78, 5) is 50.5. The van der Waals surface area contributed by atoms with Crippen LogP contribution in [0.25, 0.3) is 28.4 Å². The van der Waals surface area contributed by atoms with Gasteiger partial charge in [-0.25, -0.2) is 14.2 Å². The molecule has 1 fully saturated rings. The van der Waals surface area contributed by atoms with Gasteiger partial charge in [0.25, 0.3) is 11.8 Å². The summed E-state index contributed by atoms with van der Waals surface area (Å²) in [7, 11) is 0. The van der Waals surface area contributed by atoms with E-state index in [2.05, 4.69) is 30.2 Å². The zero-order valence-electron chi connectivity index (χ0n) is 26.3. The summed E-state index contributed by atoms with van der Waals surface area (Å²) in [5.74, 6) is -2.41. The van der Waals surface area contributed by atoms with Crippen LogP contribution in [0, 0.1) is 12.7 Å². The van der Waals surface area contributed by atoms with Crippen molar-refractivity contribution in [2.75, 3.05) is 11.9 Å². The van der Waals surface area contributed by atoms with Crippen molar-refractivity contribution in [3.05, 3.63) is 71.4 Å². The Morgan fingerprint density at radius 3 is 2.54 bits per heavy atom. The molecule has 12 heteroatoms. The minimum Gasteiger partial charge on any atom is -0.478 e. The molecule has 0 bridgehead atoms. The first kappa shape index (κ1) is 32.3. The molecule has 5 rings (SSSR count). The van der Waals surface area contributed by atoms with Crippen molar-refractivity contribution in [1.82, 2.24) is 24.8 Å². The van der Waals surface area contributed by atoms with E-state index in [4.69, 9.17) is 9.84 Å². The highest BCUT2D eigenvalue weighted by Gasteiger charge is 2.31. The van der Waals surface area contributed by atoms with E-state index in [9.17, 15) is 18.8 Å². The van der Waals surface area contributed by atoms with Crippen molar-refractivity contribution in [3.63, 3.8) is 0 Å². The quantitative estimate of drug-likeness (QED) is 0.179. The number of nitrogens with zero attached hydrogens (tertiary/aromatic N) is 4. The Kier molecular flexibility index (Phi) is 9.45. The van der Waals surface area contributed by atoms with Crippen LogP contribution in [-0.2, 0) is 9.59 Å². The topological polar surface area (TPSA) is 148 Å². The number of amides is 2. The van der Waals surface area contributed by atoms with Crippen LogP contribution in [0.4, 0.5) is 10.2 Å². The number of halogens is 1. The summed E-state index contributed by atoms with van der Waals surface area (Å²) < 4.78 is 21.5. The Morgan fingerprint density at radius 2 is 1.87 bits per heavy atom. The van der Waals surface area contributed by atoms with E-state index in [0.29, 0.717) is 11.3 Å². The lowest BCUT2D eigenvalue weighted by atomic mass is 9.95. The number of nitrogens with one attached hydrogen (secondary N) is 2. The molecule has 1 aliphatic rings. The van der Waals surface area contributed by atoms with Gasteiger partial charge in [-0.1, -0.05) is 19.3 Å². The number of benzene rings is 1. The van der Waals surface area contributed by atoms with Crippen LogP contribution in [0.3, 0.4) is 0 Å². The smallest absolute Gasteiger partial charge is 0.328 e. The standard InChI is InChI=1S/C34H37FN6O5/c1-5-46-32-26(14-16-29(42)43)37-19-28(38-32)39-33(45)34(3,4)40-31(44)21-11-15-27-24(17-21)20(2)30(25-13-12-22(35)18-36-25)41(27)23-9-7-6-8-10-23/h11-19,23H,5-10H2,1-4H3,(H,40,44)(H,42,43)(H,38,39,45)/b16-14+. The second-order valence-electron chi connectivity index (χ2n) is 11.8. The number of rotatable bonds is 10. The van der Waals surface area contributed by atoms with E-state index >= 15 is 0 Å². The Balaban J connectivity index is 1.40. The third-order valence-corrected chi connectivity index (χ3v) is 8.10. The van der Waals surface area contributed by atoms with Gasteiger partial charge in [-0.05, 0) is 82.5 Å². The normalized spacial score (nSPS) is 14.0. The first-order chi connectivity index (χ1) is 22.0. The molecule has 3 heterocycles. The number of fused-ring (bicyclic) bond motifs is 1. The number of pyridine rings is 1. The molecule has 2 amide bonds. The molecule has 0 radical (unpaired) electrons. The van der Waals surface area contributed by atoms with Crippen molar-refractivity contribution in [3.8, 4) is 17.3 Å². The number of carbonyl (C=O) groups excluding carboxylic acids is 2. The maximum atomic E-state index is 13.8. The van der Waals surface area contributed by atoms with Crippen molar-refractivity contribution in [2.24, 2.45) is 0 Å². The van der Waals surface area contributed by atoms with Crippen molar-refractivity contribution < 1.29 is 28.6 Å². The number of anilines is 1. The summed E-state index contributed by atoms with van der Waals surface area (Å²) in [5, 5.41) is 15.3. The van der Waals surface area contributed by atoms with Crippen LogP contribution in [0.1, 0.15) is 80.5 Å². The van der Waals surface area contributed by atoms with Gasteiger partial charge in [0.1, 0.15) is 17.1 Å². The summed E-state index contributed by atoms with van der Waals surface area (Å²) in [6.45, 7) is 7.12. The van der Waals surface area contributed by atoms with Gasteiger partial charge in [0.05, 0.1) is 30.4 Å². The SMILES string of the molecule is CCOc1nc(NC(=O)C(C)(C)NC(=O)c2ccc3c(c2)c(C)c(-c2ccc(F)cn2)n3C2CCCCC2)cnc1/C=C/C(=O)O.